The van der Waals surface area contributed by atoms with Gasteiger partial charge in [0.25, 0.3) is 5.69 Å². The van der Waals surface area contributed by atoms with Crippen molar-refractivity contribution < 1.29 is 32.3 Å². The Labute approximate surface area is 227 Å². The molecule has 2 aromatic carbocycles. The van der Waals surface area contributed by atoms with Crippen LogP contribution in [0.15, 0.2) is 64.4 Å². The molecule has 0 aliphatic carbocycles. The number of halogens is 1. The summed E-state index contributed by atoms with van der Waals surface area (Å²) >= 11 is 3.51. The summed E-state index contributed by atoms with van der Waals surface area (Å²) in [6.07, 6.45) is -2.19. The number of rotatable bonds is 11. The molecule has 0 radical (unpaired) electrons. The van der Waals surface area contributed by atoms with Gasteiger partial charge >= 0.3 is 5.97 Å². The van der Waals surface area contributed by atoms with Crippen molar-refractivity contribution in [1.29, 1.82) is 0 Å². The predicted octanol–water partition coefficient (Wildman–Crippen LogP) is 3.92. The molecule has 1 heterocycles. The standard InChI is InChI=1S/C23H27IN2O8S2/c1-15(27)32-20(13-24)22-21(33-23(2,3)34-22)19(14-35-17-7-5-4-6-8-17)25-36(30,31)18-11-9-16(10-12-18)26(28)29/h4-12,19-22,25H,13-14H2,1-3H3/t19-,20-,21-,22-/m1/s1. The minimum atomic E-state index is -4.09. The maximum absolute atomic E-state index is 13.3. The zero-order valence-electron chi connectivity index (χ0n) is 19.8. The van der Waals surface area contributed by atoms with Crippen molar-refractivity contribution in [3.05, 3.63) is 64.7 Å². The van der Waals surface area contributed by atoms with Gasteiger partial charge in [-0.2, -0.15) is 0 Å². The van der Waals surface area contributed by atoms with E-state index in [1.807, 2.05) is 30.3 Å². The largest absolute Gasteiger partial charge is 0.459 e. The Morgan fingerprint density at radius 3 is 2.33 bits per heavy atom. The van der Waals surface area contributed by atoms with E-state index in [9.17, 15) is 23.3 Å². The molecule has 1 aliphatic rings. The van der Waals surface area contributed by atoms with Gasteiger partial charge < -0.3 is 14.2 Å². The topological polar surface area (TPSA) is 134 Å². The number of nitro groups is 1. The molecule has 0 aromatic heterocycles. The highest BCUT2D eigenvalue weighted by Crippen LogP contribution is 2.35. The molecule has 196 valence electrons. The van der Waals surface area contributed by atoms with E-state index in [2.05, 4.69) is 27.3 Å². The third kappa shape index (κ3) is 7.61. The van der Waals surface area contributed by atoms with Gasteiger partial charge in [-0.15, -0.1) is 11.8 Å². The molecule has 0 unspecified atom stereocenters. The summed E-state index contributed by atoms with van der Waals surface area (Å²) in [6.45, 7) is 4.73. The average molecular weight is 651 g/mol. The van der Waals surface area contributed by atoms with Crippen LogP contribution in [-0.4, -0.2) is 59.6 Å². The molecule has 4 atom stereocenters. The highest BCUT2D eigenvalue weighted by Gasteiger charge is 2.50. The van der Waals surface area contributed by atoms with Crippen LogP contribution in [0.4, 0.5) is 5.69 Å². The second-order valence-corrected chi connectivity index (χ2v) is 12.2. The van der Waals surface area contributed by atoms with Crippen LogP contribution in [0.25, 0.3) is 0 Å². The van der Waals surface area contributed by atoms with Crippen LogP contribution in [-0.2, 0) is 29.0 Å². The van der Waals surface area contributed by atoms with Crippen molar-refractivity contribution in [2.24, 2.45) is 0 Å². The van der Waals surface area contributed by atoms with Crippen molar-refractivity contribution in [3.63, 3.8) is 0 Å². The number of benzene rings is 2. The summed E-state index contributed by atoms with van der Waals surface area (Å²) in [4.78, 5) is 22.9. The first-order valence-corrected chi connectivity index (χ1v) is 14.9. The summed E-state index contributed by atoms with van der Waals surface area (Å²) in [5.74, 6) is -1.25. The molecule has 1 saturated heterocycles. The molecular weight excluding hydrogens is 623 g/mol. The van der Waals surface area contributed by atoms with Crippen LogP contribution in [0.1, 0.15) is 20.8 Å². The van der Waals surface area contributed by atoms with E-state index in [4.69, 9.17) is 14.2 Å². The second-order valence-electron chi connectivity index (χ2n) is 8.47. The van der Waals surface area contributed by atoms with Crippen molar-refractivity contribution >= 4 is 56.0 Å². The molecule has 0 amide bonds. The molecule has 13 heteroatoms. The first-order valence-electron chi connectivity index (χ1n) is 11.0. The highest BCUT2D eigenvalue weighted by molar-refractivity contribution is 14.1. The normalized spacial score (nSPS) is 21.0. The summed E-state index contributed by atoms with van der Waals surface area (Å²) in [6, 6.07) is 13.3. The van der Waals surface area contributed by atoms with E-state index in [-0.39, 0.29) is 16.3 Å². The van der Waals surface area contributed by atoms with E-state index in [0.717, 1.165) is 17.0 Å². The monoisotopic (exact) mass is 650 g/mol. The first kappa shape index (κ1) is 28.8. The minimum Gasteiger partial charge on any atom is -0.459 e. The van der Waals surface area contributed by atoms with E-state index in [1.54, 1.807) is 13.8 Å². The van der Waals surface area contributed by atoms with Gasteiger partial charge in [-0.25, -0.2) is 13.1 Å². The summed E-state index contributed by atoms with van der Waals surface area (Å²) in [5.41, 5.74) is -0.217. The molecule has 1 aliphatic heterocycles. The third-order valence-corrected chi connectivity index (χ3v) is 8.74. The number of hydrogen-bond acceptors (Lipinski definition) is 9. The molecule has 0 spiro atoms. The van der Waals surface area contributed by atoms with Crippen LogP contribution in [0.5, 0.6) is 0 Å². The summed E-state index contributed by atoms with van der Waals surface area (Å²) in [7, 11) is -4.09. The lowest BCUT2D eigenvalue weighted by Gasteiger charge is -2.30. The van der Waals surface area contributed by atoms with Gasteiger partial charge in [0, 0.05) is 34.1 Å². The second kappa shape index (κ2) is 12.2. The van der Waals surface area contributed by atoms with E-state index in [1.165, 1.54) is 30.8 Å². The number of esters is 1. The molecule has 0 saturated carbocycles. The maximum Gasteiger partial charge on any atom is 0.303 e. The number of carbonyl (C=O) groups excluding carboxylic acids is 1. The van der Waals surface area contributed by atoms with Crippen LogP contribution in [0, 0.1) is 10.1 Å². The highest BCUT2D eigenvalue weighted by atomic mass is 127. The zero-order valence-corrected chi connectivity index (χ0v) is 23.6. The van der Waals surface area contributed by atoms with Crippen molar-refractivity contribution in [2.45, 2.75) is 60.7 Å². The lowest BCUT2D eigenvalue weighted by Crippen LogP contribution is -2.52. The summed E-state index contributed by atoms with van der Waals surface area (Å²) in [5, 5.41) is 11.0. The number of thioether (sulfide) groups is 1. The Kier molecular flexibility index (Phi) is 9.74. The van der Waals surface area contributed by atoms with E-state index in [0.29, 0.717) is 4.43 Å². The molecule has 1 fully saturated rings. The molecule has 10 nitrogen and oxygen atoms in total. The Balaban J connectivity index is 1.93. The van der Waals surface area contributed by atoms with Crippen molar-refractivity contribution in [3.8, 4) is 0 Å². The smallest absolute Gasteiger partial charge is 0.303 e. The van der Waals surface area contributed by atoms with Gasteiger partial charge in [0.15, 0.2) is 5.79 Å². The summed E-state index contributed by atoms with van der Waals surface area (Å²) < 4.78 is 47.4. The predicted molar refractivity (Wildman–Crippen MR) is 143 cm³/mol. The van der Waals surface area contributed by atoms with Gasteiger partial charge in [-0.3, -0.25) is 14.9 Å². The van der Waals surface area contributed by atoms with Gasteiger partial charge in [0.2, 0.25) is 10.0 Å². The van der Waals surface area contributed by atoms with Crippen molar-refractivity contribution in [2.75, 3.05) is 10.2 Å². The van der Waals surface area contributed by atoms with Gasteiger partial charge in [-0.05, 0) is 38.1 Å². The van der Waals surface area contributed by atoms with E-state index < -0.39 is 51.1 Å². The maximum atomic E-state index is 13.3. The lowest BCUT2D eigenvalue weighted by atomic mass is 10.0. The van der Waals surface area contributed by atoms with Gasteiger partial charge in [0.05, 0.1) is 15.9 Å². The average Bonchev–Trinajstić information content (AvgIpc) is 3.15. The van der Waals surface area contributed by atoms with E-state index >= 15 is 0 Å². The number of nitro benzene ring substituents is 1. The number of ether oxygens (including phenoxy) is 3. The Morgan fingerprint density at radius 2 is 1.78 bits per heavy atom. The fourth-order valence-corrected chi connectivity index (χ4v) is 6.76. The molecule has 2 aromatic rings. The van der Waals surface area contributed by atoms with Crippen LogP contribution in [0.2, 0.25) is 0 Å². The van der Waals surface area contributed by atoms with Gasteiger partial charge in [0.1, 0.15) is 18.3 Å². The number of nitrogens with one attached hydrogen (secondary N) is 1. The fourth-order valence-electron chi connectivity index (χ4n) is 3.73. The quantitative estimate of drug-likeness (QED) is 0.0960. The molecular formula is C23H27IN2O8S2. The Bertz CT molecular complexity index is 1160. The number of hydrogen-bond donors (Lipinski definition) is 1. The number of sulfonamides is 1. The minimum absolute atomic E-state index is 0.122. The molecule has 0 bridgehead atoms. The lowest BCUT2D eigenvalue weighted by molar-refractivity contribution is -0.384. The Morgan fingerprint density at radius 1 is 1.17 bits per heavy atom. The number of carbonyl (C=O) groups is 1. The Hall–Kier alpha value is -1.78. The number of non-ortho nitro benzene ring substituents is 1. The zero-order chi connectivity index (χ0) is 26.5. The van der Waals surface area contributed by atoms with Crippen LogP contribution in [0.3, 0.4) is 0 Å². The molecule has 36 heavy (non-hydrogen) atoms. The number of alkyl halides is 1. The molecule has 3 rings (SSSR count). The van der Waals surface area contributed by atoms with Gasteiger partial charge in [-0.1, -0.05) is 40.8 Å². The third-order valence-electron chi connectivity index (χ3n) is 5.23. The first-order chi connectivity index (χ1) is 16.9. The number of nitrogens with zero attached hydrogens (tertiary/aromatic N) is 1. The van der Waals surface area contributed by atoms with Crippen LogP contribution >= 0.6 is 34.4 Å². The van der Waals surface area contributed by atoms with Crippen molar-refractivity contribution in [1.82, 2.24) is 4.72 Å². The SMILES string of the molecule is CC(=O)O[C@H](CI)[C@H]1OC(C)(C)O[C@@H]1[C@@H](CSc1ccccc1)NS(=O)(=O)c1ccc([N+](=O)[O-])cc1. The fraction of sp³-hybridized carbons (Fsp3) is 0.435. The van der Waals surface area contributed by atoms with Crippen LogP contribution < -0.4 is 4.72 Å². The molecule has 1 N–H and O–H groups in total.